The highest BCUT2D eigenvalue weighted by atomic mass is 16.3. The Balaban J connectivity index is 0.994. The number of oxazole rings is 1. The van der Waals surface area contributed by atoms with Gasteiger partial charge < -0.3 is 25.5 Å². The van der Waals surface area contributed by atoms with Crippen LogP contribution in [0, 0.1) is 25.2 Å². The van der Waals surface area contributed by atoms with E-state index in [4.69, 9.17) is 14.4 Å². The van der Waals surface area contributed by atoms with Crippen LogP contribution in [0.2, 0.25) is 0 Å². The van der Waals surface area contributed by atoms with Crippen LogP contribution in [0.4, 0.5) is 11.5 Å². The molecule has 0 unspecified atom stereocenters. The SMILES string of the molecule is Cc1c(Nc2nccc3cc(CN4CC[C@@H](O)C4)cnc23)cccc1-c1cccc(-c2nc3cc4c(c(C#N)c3o2)CC[C@@H]4NC[C@@H]2CCC(=O)N2)c1C. The molecule has 0 bridgehead atoms. The van der Waals surface area contributed by atoms with Crippen molar-refractivity contribution in [2.75, 3.05) is 25.0 Å². The summed E-state index contributed by atoms with van der Waals surface area (Å²) in [5.74, 6) is 1.29. The number of carbonyl (C=O) groups is 1. The van der Waals surface area contributed by atoms with Crippen molar-refractivity contribution in [3.05, 3.63) is 100 Å². The zero-order chi connectivity index (χ0) is 36.9. The van der Waals surface area contributed by atoms with Crippen LogP contribution in [0.1, 0.15) is 65.1 Å². The van der Waals surface area contributed by atoms with Crippen molar-refractivity contribution in [1.29, 1.82) is 5.26 Å². The Labute approximate surface area is 313 Å². The summed E-state index contributed by atoms with van der Waals surface area (Å²) in [5.41, 5.74) is 11.8. The number of aliphatic hydroxyl groups is 1. The van der Waals surface area contributed by atoms with Gasteiger partial charge in [0.15, 0.2) is 11.4 Å². The first-order valence-electron chi connectivity index (χ1n) is 18.8. The highest BCUT2D eigenvalue weighted by molar-refractivity contribution is 5.91. The van der Waals surface area contributed by atoms with Gasteiger partial charge in [-0.2, -0.15) is 5.26 Å². The largest absolute Gasteiger partial charge is 0.435 e. The summed E-state index contributed by atoms with van der Waals surface area (Å²) in [7, 11) is 0. The lowest BCUT2D eigenvalue weighted by molar-refractivity contribution is -0.119. The summed E-state index contributed by atoms with van der Waals surface area (Å²) in [6.45, 7) is 7.24. The van der Waals surface area contributed by atoms with E-state index in [1.807, 2.05) is 36.7 Å². The second-order valence-corrected chi connectivity index (χ2v) is 14.9. The molecule has 0 spiro atoms. The molecule has 5 heterocycles. The van der Waals surface area contributed by atoms with Crippen LogP contribution in [-0.2, 0) is 17.8 Å². The Morgan fingerprint density at radius 2 is 1.85 bits per heavy atom. The monoisotopic (exact) mass is 718 g/mol. The second kappa shape index (κ2) is 14.0. The number of rotatable bonds is 9. The van der Waals surface area contributed by atoms with Crippen molar-refractivity contribution in [3.63, 3.8) is 0 Å². The topological polar surface area (TPSA) is 152 Å². The molecule has 11 nitrogen and oxygen atoms in total. The van der Waals surface area contributed by atoms with Crippen molar-refractivity contribution < 1.29 is 14.3 Å². The molecule has 272 valence electrons. The average molecular weight is 719 g/mol. The van der Waals surface area contributed by atoms with Gasteiger partial charge in [-0.25, -0.2) is 9.97 Å². The molecule has 3 aromatic carbocycles. The maximum absolute atomic E-state index is 11.7. The number of anilines is 2. The van der Waals surface area contributed by atoms with E-state index in [0.29, 0.717) is 47.9 Å². The highest BCUT2D eigenvalue weighted by Crippen LogP contribution is 2.41. The third-order valence-electron chi connectivity index (χ3n) is 11.4. The standard InChI is InChI=1S/C43H42N8O3/c1-24-30(31-6-4-8-36(25(31)2)49-42-40-27(13-15-45-42)17-26(20-47-40)22-51-16-14-29(52)23-51)5-3-7-32(24)43-50-38-18-34-33(35(19-44)41(38)54-43)10-11-37(34)46-21-28-9-12-39(53)48-28/h3-8,13,15,17-18,20,28-29,37,46,52H,9-12,14,16,21-23H2,1-2H3,(H,45,49)(H,48,53)/t28-,29+,37-/m0/s1. The maximum atomic E-state index is 11.7. The summed E-state index contributed by atoms with van der Waals surface area (Å²) >= 11 is 0. The molecule has 2 saturated heterocycles. The molecular formula is C43H42N8O3. The lowest BCUT2D eigenvalue weighted by Crippen LogP contribution is -2.36. The fourth-order valence-corrected chi connectivity index (χ4v) is 8.56. The molecule has 11 heteroatoms. The molecule has 2 aliphatic heterocycles. The number of aromatic nitrogens is 3. The number of carbonyl (C=O) groups excluding carboxylic acids is 1. The first-order chi connectivity index (χ1) is 26.3. The van der Waals surface area contributed by atoms with E-state index < -0.39 is 0 Å². The predicted molar refractivity (Wildman–Crippen MR) is 208 cm³/mol. The number of hydrogen-bond acceptors (Lipinski definition) is 10. The third kappa shape index (κ3) is 6.26. The van der Waals surface area contributed by atoms with E-state index in [1.54, 1.807) is 0 Å². The molecule has 3 aromatic heterocycles. The maximum Gasteiger partial charge on any atom is 0.227 e. The second-order valence-electron chi connectivity index (χ2n) is 14.9. The van der Waals surface area contributed by atoms with Crippen LogP contribution < -0.4 is 16.0 Å². The molecule has 0 saturated carbocycles. The van der Waals surface area contributed by atoms with E-state index >= 15 is 0 Å². The smallest absolute Gasteiger partial charge is 0.227 e. The Morgan fingerprint density at radius 3 is 2.65 bits per heavy atom. The van der Waals surface area contributed by atoms with Crippen molar-refractivity contribution in [1.82, 2.24) is 30.5 Å². The molecule has 6 aromatic rings. The van der Waals surface area contributed by atoms with Crippen molar-refractivity contribution in [2.45, 2.75) is 70.7 Å². The molecule has 3 aliphatic rings. The molecule has 2 fully saturated rings. The van der Waals surface area contributed by atoms with Crippen LogP contribution in [0.15, 0.2) is 71.4 Å². The molecule has 1 amide bonds. The Morgan fingerprint density at radius 1 is 1.02 bits per heavy atom. The summed E-state index contributed by atoms with van der Waals surface area (Å²) in [6, 6.07) is 21.3. The fraction of sp³-hybridized carbons (Fsp3) is 0.326. The minimum absolute atomic E-state index is 0.0935. The zero-order valence-corrected chi connectivity index (χ0v) is 30.4. The lowest BCUT2D eigenvalue weighted by Gasteiger charge is -2.17. The number of β-amino-alcohol motifs (C(OH)–C–C–N with tert-alkyl or cyclic N) is 1. The number of fused-ring (bicyclic) bond motifs is 3. The number of aliphatic hydroxyl groups excluding tert-OH is 1. The minimum atomic E-state index is -0.249. The zero-order valence-electron chi connectivity index (χ0n) is 30.4. The lowest BCUT2D eigenvalue weighted by atomic mass is 9.93. The van der Waals surface area contributed by atoms with E-state index in [1.165, 1.54) is 0 Å². The van der Waals surface area contributed by atoms with Crippen LogP contribution in [0.3, 0.4) is 0 Å². The number of hydrogen-bond donors (Lipinski definition) is 4. The van der Waals surface area contributed by atoms with Gasteiger partial charge in [-0.1, -0.05) is 24.3 Å². The molecular weight excluding hydrogens is 677 g/mol. The Hall–Kier alpha value is -5.67. The van der Waals surface area contributed by atoms with Crippen LogP contribution in [0.25, 0.3) is 44.6 Å². The predicted octanol–water partition coefficient (Wildman–Crippen LogP) is 6.76. The van der Waals surface area contributed by atoms with Crippen LogP contribution >= 0.6 is 0 Å². The third-order valence-corrected chi connectivity index (χ3v) is 11.4. The van der Waals surface area contributed by atoms with Crippen molar-refractivity contribution >= 4 is 39.4 Å². The number of nitrogens with zero attached hydrogens (tertiary/aromatic N) is 5. The van der Waals surface area contributed by atoms with Gasteiger partial charge in [-0.15, -0.1) is 0 Å². The average Bonchev–Trinajstić information content (AvgIpc) is 3.98. The van der Waals surface area contributed by atoms with Crippen molar-refractivity contribution in [3.8, 4) is 28.7 Å². The molecule has 54 heavy (non-hydrogen) atoms. The fourth-order valence-electron chi connectivity index (χ4n) is 8.56. The van der Waals surface area contributed by atoms with Gasteiger partial charge in [-0.05, 0) is 109 Å². The van der Waals surface area contributed by atoms with E-state index in [-0.39, 0.29) is 24.1 Å². The van der Waals surface area contributed by atoms with E-state index in [9.17, 15) is 15.2 Å². The Bertz CT molecular complexity index is 2490. The molecule has 0 radical (unpaired) electrons. The quantitative estimate of drug-likeness (QED) is 0.126. The Kier molecular flexibility index (Phi) is 8.82. The number of likely N-dealkylation sites (tertiary alicyclic amines) is 1. The number of nitriles is 1. The van der Waals surface area contributed by atoms with Gasteiger partial charge in [0.2, 0.25) is 11.8 Å². The van der Waals surface area contributed by atoms with Crippen molar-refractivity contribution in [2.24, 2.45) is 0 Å². The number of pyridine rings is 2. The highest BCUT2D eigenvalue weighted by Gasteiger charge is 2.30. The van der Waals surface area contributed by atoms with Gasteiger partial charge in [0, 0.05) is 73.7 Å². The van der Waals surface area contributed by atoms with Crippen LogP contribution in [-0.4, -0.2) is 62.6 Å². The van der Waals surface area contributed by atoms with E-state index in [2.05, 4.69) is 76.1 Å². The number of nitrogens with one attached hydrogen (secondary N) is 3. The molecule has 4 N–H and O–H groups in total. The molecule has 1 aliphatic carbocycles. The molecule has 3 atom stereocenters. The normalized spacial score (nSPS) is 19.7. The summed E-state index contributed by atoms with van der Waals surface area (Å²) in [4.78, 5) is 28.4. The summed E-state index contributed by atoms with van der Waals surface area (Å²) in [5, 5.41) is 31.5. The summed E-state index contributed by atoms with van der Waals surface area (Å²) in [6.07, 6.45) is 7.37. The van der Waals surface area contributed by atoms with Gasteiger partial charge in [-0.3, -0.25) is 14.7 Å². The van der Waals surface area contributed by atoms with Gasteiger partial charge >= 0.3 is 0 Å². The van der Waals surface area contributed by atoms with Crippen LogP contribution in [0.5, 0.6) is 0 Å². The first kappa shape index (κ1) is 34.1. The van der Waals surface area contributed by atoms with E-state index in [0.717, 1.165) is 99.9 Å². The van der Waals surface area contributed by atoms with Gasteiger partial charge in [0.05, 0.1) is 6.10 Å². The van der Waals surface area contributed by atoms with Gasteiger partial charge in [0.1, 0.15) is 22.7 Å². The minimum Gasteiger partial charge on any atom is -0.435 e. The number of benzene rings is 3. The van der Waals surface area contributed by atoms with Gasteiger partial charge in [0.25, 0.3) is 0 Å². The number of amides is 1. The molecule has 9 rings (SSSR count). The summed E-state index contributed by atoms with van der Waals surface area (Å²) < 4.78 is 6.44. The first-order valence-corrected chi connectivity index (χ1v) is 18.8.